The first-order valence-electron chi connectivity index (χ1n) is 14.4. The molecule has 0 aliphatic heterocycles. The number of fused-ring (bicyclic) bond motifs is 1. The first-order chi connectivity index (χ1) is 22.4. The van der Waals surface area contributed by atoms with Crippen molar-refractivity contribution < 1.29 is 85.6 Å². The van der Waals surface area contributed by atoms with Gasteiger partial charge in [-0.3, -0.25) is 9.59 Å². The minimum absolute atomic E-state index is 0. The summed E-state index contributed by atoms with van der Waals surface area (Å²) in [5.41, 5.74) is 0. The molecule has 0 bridgehead atoms. The van der Waals surface area contributed by atoms with Crippen LogP contribution in [0.5, 0.6) is 5.75 Å². The summed E-state index contributed by atoms with van der Waals surface area (Å²) in [5.74, 6) is -41.6. The zero-order valence-corrected chi connectivity index (χ0v) is 25.7. The van der Waals surface area contributed by atoms with Gasteiger partial charge < -0.3 is 18.9 Å². The minimum atomic E-state index is -8.01. The molecule has 0 heterocycles. The number of carbonyl (C=O) groups excluding carboxylic acids is 2. The van der Waals surface area contributed by atoms with E-state index in [0.29, 0.717) is 5.75 Å². The number of hydrogen-bond acceptors (Lipinski definition) is 6. The Kier molecular flexibility index (Phi) is 21.1. The molecule has 0 saturated heterocycles. The number of hydrogen-bond donors (Lipinski definition) is 0. The topological polar surface area (TPSA) is 71.1 Å². The van der Waals surface area contributed by atoms with Crippen molar-refractivity contribution in [1.82, 2.24) is 0 Å². The standard InChI is InChI=1S/C30H31F13O6.4CH4/c1-3-19(16-18(2)23(44)49-15-13-46-12-14-47-22-9-8-20-6-4-5-7-21(20)17-22)24(45)48-11-10-25(31,32)26(33,34)27(35,36)28(37,38)29(39,40)30(41,42)43;;;;/h4-9,17-19H,3,10-16H2,1-2H3;4*1H4. The van der Waals surface area contributed by atoms with Crippen LogP contribution >= 0.6 is 0 Å². The van der Waals surface area contributed by atoms with Gasteiger partial charge in [-0.05, 0) is 35.7 Å². The zero-order chi connectivity index (χ0) is 37.5. The number of ether oxygens (including phenoxy) is 4. The van der Waals surface area contributed by atoms with Crippen molar-refractivity contribution in [3.05, 3.63) is 42.5 Å². The second kappa shape index (κ2) is 20.8. The Balaban J connectivity index is -0.00000625. The Labute approximate surface area is 300 Å². The van der Waals surface area contributed by atoms with Crippen molar-refractivity contribution in [2.24, 2.45) is 11.8 Å². The highest BCUT2D eigenvalue weighted by Crippen LogP contribution is 2.60. The third-order valence-corrected chi connectivity index (χ3v) is 7.21. The van der Waals surface area contributed by atoms with Gasteiger partial charge in [-0.2, -0.15) is 57.1 Å². The molecule has 6 nitrogen and oxygen atoms in total. The number of rotatable bonds is 19. The monoisotopic (exact) mass is 798 g/mol. The SMILES string of the molecule is C.C.C.C.CCC(CC(C)C(=O)OCCOCCOc1ccc2ccccc2c1)C(=O)OCCC(F)(F)C(F)(F)C(F)(F)C(F)(F)C(F)(F)C(F)(F)F. The molecule has 0 aliphatic rings. The van der Waals surface area contributed by atoms with E-state index in [9.17, 15) is 66.7 Å². The van der Waals surface area contributed by atoms with E-state index >= 15 is 0 Å². The molecular weight excluding hydrogens is 751 g/mol. The second-order valence-corrected chi connectivity index (χ2v) is 10.8. The van der Waals surface area contributed by atoms with Gasteiger partial charge in [0, 0.05) is 0 Å². The van der Waals surface area contributed by atoms with E-state index in [1.807, 2.05) is 36.4 Å². The van der Waals surface area contributed by atoms with Crippen molar-refractivity contribution >= 4 is 22.7 Å². The number of alkyl halides is 13. The maximum Gasteiger partial charge on any atom is 0.460 e. The second-order valence-electron chi connectivity index (χ2n) is 10.8. The smallest absolute Gasteiger partial charge is 0.460 e. The summed E-state index contributed by atoms with van der Waals surface area (Å²) in [4.78, 5) is 24.5. The lowest BCUT2D eigenvalue weighted by molar-refractivity contribution is -0.440. The highest BCUT2D eigenvalue weighted by molar-refractivity contribution is 5.83. The van der Waals surface area contributed by atoms with Crippen molar-refractivity contribution in [2.75, 3.05) is 33.0 Å². The summed E-state index contributed by atoms with van der Waals surface area (Å²) in [5, 5.41) is 2.00. The van der Waals surface area contributed by atoms with Crippen LogP contribution in [0.25, 0.3) is 10.8 Å². The third kappa shape index (κ3) is 12.3. The lowest BCUT2D eigenvalue weighted by atomic mass is 9.92. The fourth-order valence-electron chi connectivity index (χ4n) is 4.23. The predicted molar refractivity (Wildman–Crippen MR) is 172 cm³/mol. The van der Waals surface area contributed by atoms with Crippen LogP contribution in [0.1, 0.15) is 62.8 Å². The summed E-state index contributed by atoms with van der Waals surface area (Å²) in [6.45, 7) is 0.827. The lowest BCUT2D eigenvalue weighted by Gasteiger charge is -2.39. The first-order valence-corrected chi connectivity index (χ1v) is 14.4. The van der Waals surface area contributed by atoms with Crippen LogP contribution in [-0.2, 0) is 23.8 Å². The van der Waals surface area contributed by atoms with Crippen molar-refractivity contribution in [3.63, 3.8) is 0 Å². The number of carbonyl (C=O) groups is 2. The maximum atomic E-state index is 13.9. The Morgan fingerprint density at radius 1 is 0.623 bits per heavy atom. The van der Waals surface area contributed by atoms with Gasteiger partial charge in [0.25, 0.3) is 0 Å². The third-order valence-electron chi connectivity index (χ3n) is 7.21. The lowest BCUT2D eigenvalue weighted by Crippen LogP contribution is -2.70. The summed E-state index contributed by atoms with van der Waals surface area (Å²) < 4.78 is 192. The van der Waals surface area contributed by atoms with Crippen LogP contribution < -0.4 is 4.74 Å². The summed E-state index contributed by atoms with van der Waals surface area (Å²) in [7, 11) is 0. The van der Waals surface area contributed by atoms with Crippen molar-refractivity contribution in [2.45, 2.75) is 98.6 Å². The van der Waals surface area contributed by atoms with Crippen molar-refractivity contribution in [1.29, 1.82) is 0 Å². The van der Waals surface area contributed by atoms with Crippen LogP contribution in [0, 0.1) is 11.8 Å². The minimum Gasteiger partial charge on any atom is -0.491 e. The molecule has 0 aliphatic carbocycles. The van der Waals surface area contributed by atoms with Crippen LogP contribution in [0.15, 0.2) is 42.5 Å². The van der Waals surface area contributed by atoms with E-state index in [-0.39, 0.29) is 69.0 Å². The molecule has 2 unspecified atom stereocenters. The molecule has 19 heteroatoms. The van der Waals surface area contributed by atoms with Gasteiger partial charge in [0.2, 0.25) is 0 Å². The molecule has 2 atom stereocenters. The summed E-state index contributed by atoms with van der Waals surface area (Å²) in [6.07, 6.45) is -10.7. The Morgan fingerprint density at radius 2 is 1.13 bits per heavy atom. The number of halogens is 13. The van der Waals surface area contributed by atoms with E-state index in [1.165, 1.54) is 13.8 Å². The number of benzene rings is 2. The van der Waals surface area contributed by atoms with Gasteiger partial charge in [-0.1, -0.05) is 73.9 Å². The van der Waals surface area contributed by atoms with Gasteiger partial charge in [-0.25, -0.2) is 0 Å². The van der Waals surface area contributed by atoms with E-state index in [1.54, 1.807) is 6.07 Å². The fraction of sp³-hybridized carbons (Fsp3) is 0.647. The normalized spacial score (nSPS) is 13.6. The van der Waals surface area contributed by atoms with Crippen LogP contribution in [0.3, 0.4) is 0 Å². The molecular formula is C34H47F13O6. The average molecular weight is 799 g/mol. The van der Waals surface area contributed by atoms with Crippen LogP contribution in [0.2, 0.25) is 0 Å². The molecule has 0 N–H and O–H groups in total. The van der Waals surface area contributed by atoms with Gasteiger partial charge in [-0.15, -0.1) is 0 Å². The zero-order valence-electron chi connectivity index (χ0n) is 25.7. The van der Waals surface area contributed by atoms with Gasteiger partial charge in [0.05, 0.1) is 38.1 Å². The maximum absolute atomic E-state index is 13.9. The molecule has 0 radical (unpaired) electrons. The van der Waals surface area contributed by atoms with E-state index in [0.717, 1.165) is 10.8 Å². The van der Waals surface area contributed by atoms with Gasteiger partial charge in [0.1, 0.15) is 19.0 Å². The molecule has 0 aromatic heterocycles. The number of esters is 2. The van der Waals surface area contributed by atoms with Gasteiger partial charge >= 0.3 is 47.7 Å². The van der Waals surface area contributed by atoms with E-state index < -0.39 is 72.6 Å². The predicted octanol–water partition coefficient (Wildman–Crippen LogP) is 11.0. The molecule has 2 rings (SSSR count). The summed E-state index contributed by atoms with van der Waals surface area (Å²) >= 11 is 0. The van der Waals surface area contributed by atoms with Crippen LogP contribution in [0.4, 0.5) is 57.1 Å². The highest BCUT2D eigenvalue weighted by Gasteiger charge is 2.90. The molecule has 0 spiro atoms. The van der Waals surface area contributed by atoms with E-state index in [4.69, 9.17) is 14.2 Å². The van der Waals surface area contributed by atoms with Gasteiger partial charge in [0.15, 0.2) is 0 Å². The average Bonchev–Trinajstić information content (AvgIpc) is 3.01. The largest absolute Gasteiger partial charge is 0.491 e. The Bertz CT molecular complexity index is 1400. The first kappa shape index (κ1) is 53.8. The Hall–Kier alpha value is -3.51. The highest BCUT2D eigenvalue weighted by atomic mass is 19.4. The molecule has 0 saturated carbocycles. The summed E-state index contributed by atoms with van der Waals surface area (Å²) in [6, 6.07) is 13.1. The fourth-order valence-corrected chi connectivity index (χ4v) is 4.23. The van der Waals surface area contributed by atoms with E-state index in [2.05, 4.69) is 4.74 Å². The molecule has 2 aromatic rings. The molecule has 53 heavy (non-hydrogen) atoms. The molecule has 2 aromatic carbocycles. The van der Waals surface area contributed by atoms with Crippen LogP contribution in [-0.4, -0.2) is 80.8 Å². The molecule has 0 amide bonds. The molecule has 310 valence electrons. The molecule has 0 fully saturated rings. The quantitative estimate of drug-likeness (QED) is 0.0801. The Morgan fingerprint density at radius 3 is 1.68 bits per heavy atom. The van der Waals surface area contributed by atoms with Crippen molar-refractivity contribution in [3.8, 4) is 5.75 Å².